The van der Waals surface area contributed by atoms with Crippen molar-refractivity contribution < 1.29 is 4.79 Å². The minimum atomic E-state index is -0.113. The molecule has 3 aromatic rings. The average molecular weight is 378 g/mol. The van der Waals surface area contributed by atoms with Crippen molar-refractivity contribution in [1.29, 1.82) is 0 Å². The van der Waals surface area contributed by atoms with Gasteiger partial charge in [-0.2, -0.15) is 10.2 Å². The second-order valence-corrected chi connectivity index (χ2v) is 7.06. The lowest BCUT2D eigenvalue weighted by atomic mass is 9.91. The van der Waals surface area contributed by atoms with Gasteiger partial charge in [0, 0.05) is 43.3 Å². The molecule has 0 aliphatic heterocycles. The Balaban J connectivity index is 1.43. The summed E-state index contributed by atoms with van der Waals surface area (Å²) in [6, 6.07) is 8.91. The predicted molar refractivity (Wildman–Crippen MR) is 104 cm³/mol. The van der Waals surface area contributed by atoms with Gasteiger partial charge in [-0.05, 0) is 49.9 Å². The Kier molecular flexibility index (Phi) is 5.01. The third-order valence-electron chi connectivity index (χ3n) is 5.23. The Morgan fingerprint density at radius 2 is 1.79 bits per heavy atom. The molecule has 144 valence electrons. The molecule has 0 bridgehead atoms. The third kappa shape index (κ3) is 3.71. The molecule has 0 atom stereocenters. The van der Waals surface area contributed by atoms with Crippen LogP contribution in [0.2, 0.25) is 0 Å². The summed E-state index contributed by atoms with van der Waals surface area (Å²) in [4.78, 5) is 28.7. The smallest absolute Gasteiger partial charge is 0.269 e. The van der Waals surface area contributed by atoms with Crippen LogP contribution in [0.4, 0.5) is 0 Å². The number of hydrogen-bond acceptors (Lipinski definition) is 5. The number of rotatable bonds is 4. The lowest BCUT2D eigenvalue weighted by Gasteiger charge is -2.29. The van der Waals surface area contributed by atoms with Crippen LogP contribution in [0.1, 0.15) is 42.2 Å². The maximum absolute atomic E-state index is 12.4. The van der Waals surface area contributed by atoms with E-state index in [2.05, 4.69) is 20.5 Å². The van der Waals surface area contributed by atoms with Crippen LogP contribution in [0.3, 0.4) is 0 Å². The number of aryl methyl sites for hydroxylation is 1. The van der Waals surface area contributed by atoms with Gasteiger partial charge < -0.3 is 5.32 Å². The van der Waals surface area contributed by atoms with Crippen molar-refractivity contribution in [2.75, 3.05) is 0 Å². The number of hydrogen-bond donors (Lipinski definition) is 1. The largest absolute Gasteiger partial charge is 0.348 e. The van der Waals surface area contributed by atoms with Crippen molar-refractivity contribution in [1.82, 2.24) is 29.9 Å². The first-order chi connectivity index (χ1) is 13.6. The normalized spacial score (nSPS) is 19.3. The Hall–Kier alpha value is -3.29. The highest BCUT2D eigenvalue weighted by atomic mass is 16.2. The molecule has 0 unspecified atom stereocenters. The summed E-state index contributed by atoms with van der Waals surface area (Å²) < 4.78 is 3.16. The van der Waals surface area contributed by atoms with Crippen LogP contribution in [0.25, 0.3) is 11.3 Å². The Morgan fingerprint density at radius 3 is 2.46 bits per heavy atom. The summed E-state index contributed by atoms with van der Waals surface area (Å²) in [6.07, 6.45) is 8.24. The molecule has 0 radical (unpaired) electrons. The number of nitrogens with one attached hydrogen (secondary N) is 1. The molecule has 0 saturated heterocycles. The van der Waals surface area contributed by atoms with E-state index in [0.717, 1.165) is 36.9 Å². The first kappa shape index (κ1) is 18.1. The van der Waals surface area contributed by atoms with E-state index in [-0.39, 0.29) is 23.6 Å². The maximum Gasteiger partial charge on any atom is 0.269 e. The van der Waals surface area contributed by atoms with Gasteiger partial charge in [0.1, 0.15) is 5.69 Å². The highest BCUT2D eigenvalue weighted by Crippen LogP contribution is 2.27. The van der Waals surface area contributed by atoms with Gasteiger partial charge in [0.15, 0.2) is 0 Å². The molecule has 28 heavy (non-hydrogen) atoms. The van der Waals surface area contributed by atoms with Crippen LogP contribution < -0.4 is 10.9 Å². The molecule has 1 saturated carbocycles. The monoisotopic (exact) mass is 378 g/mol. The number of amides is 1. The molecule has 4 rings (SSSR count). The molecule has 1 aliphatic carbocycles. The second kappa shape index (κ2) is 7.75. The van der Waals surface area contributed by atoms with E-state index in [9.17, 15) is 9.59 Å². The fourth-order valence-electron chi connectivity index (χ4n) is 3.68. The van der Waals surface area contributed by atoms with E-state index >= 15 is 0 Å². The highest BCUT2D eigenvalue weighted by Gasteiger charge is 2.25. The van der Waals surface area contributed by atoms with Crippen molar-refractivity contribution in [2.45, 2.75) is 37.8 Å². The minimum absolute atomic E-state index is 0.0409. The quantitative estimate of drug-likeness (QED) is 0.749. The van der Waals surface area contributed by atoms with Gasteiger partial charge in [-0.25, -0.2) is 4.68 Å². The Morgan fingerprint density at radius 1 is 1.04 bits per heavy atom. The SMILES string of the molecule is Cn1nccc1C(=O)NC1CCC(n2nc(-c3ccncc3)ccc2=O)CC1. The third-order valence-corrected chi connectivity index (χ3v) is 5.23. The van der Waals surface area contributed by atoms with Crippen molar-refractivity contribution >= 4 is 5.91 Å². The number of carbonyl (C=O) groups is 1. The van der Waals surface area contributed by atoms with Gasteiger partial charge >= 0.3 is 0 Å². The van der Waals surface area contributed by atoms with Crippen LogP contribution >= 0.6 is 0 Å². The van der Waals surface area contributed by atoms with Gasteiger partial charge in [0.2, 0.25) is 0 Å². The van der Waals surface area contributed by atoms with Gasteiger partial charge in [0.05, 0.1) is 11.7 Å². The number of nitrogens with zero attached hydrogens (tertiary/aromatic N) is 5. The van der Waals surface area contributed by atoms with E-state index in [1.54, 1.807) is 53.2 Å². The Bertz CT molecular complexity index is 1020. The summed E-state index contributed by atoms with van der Waals surface area (Å²) in [5.41, 5.74) is 2.14. The fourth-order valence-corrected chi connectivity index (χ4v) is 3.68. The zero-order chi connectivity index (χ0) is 19.5. The number of pyridine rings is 1. The van der Waals surface area contributed by atoms with Crippen molar-refractivity contribution in [3.05, 3.63) is 65.0 Å². The molecule has 8 nitrogen and oxygen atoms in total. The molecule has 1 N–H and O–H groups in total. The van der Waals surface area contributed by atoms with Gasteiger partial charge in [-0.3, -0.25) is 19.3 Å². The lowest BCUT2D eigenvalue weighted by molar-refractivity contribution is 0.0912. The van der Waals surface area contributed by atoms with E-state index in [1.807, 2.05) is 12.1 Å². The van der Waals surface area contributed by atoms with Crippen LogP contribution in [0.15, 0.2) is 53.7 Å². The van der Waals surface area contributed by atoms with E-state index in [0.29, 0.717) is 5.69 Å². The minimum Gasteiger partial charge on any atom is -0.348 e. The molecule has 1 fully saturated rings. The van der Waals surface area contributed by atoms with Crippen LogP contribution in [-0.2, 0) is 7.05 Å². The molecule has 1 aliphatic rings. The van der Waals surface area contributed by atoms with Crippen LogP contribution in [0.5, 0.6) is 0 Å². The predicted octanol–water partition coefficient (Wildman–Crippen LogP) is 1.95. The molecular weight excluding hydrogens is 356 g/mol. The molecule has 3 heterocycles. The lowest BCUT2D eigenvalue weighted by Crippen LogP contribution is -2.40. The summed E-state index contributed by atoms with van der Waals surface area (Å²) >= 11 is 0. The topological polar surface area (TPSA) is 94.7 Å². The number of carbonyl (C=O) groups excluding carboxylic acids is 1. The zero-order valence-electron chi connectivity index (χ0n) is 15.7. The maximum atomic E-state index is 12.4. The van der Waals surface area contributed by atoms with Gasteiger partial charge in [0.25, 0.3) is 11.5 Å². The molecular formula is C20H22N6O2. The second-order valence-electron chi connectivity index (χ2n) is 7.06. The Labute approximate surface area is 162 Å². The van der Waals surface area contributed by atoms with Gasteiger partial charge in [-0.15, -0.1) is 0 Å². The zero-order valence-corrected chi connectivity index (χ0v) is 15.7. The molecule has 0 spiro atoms. The molecule has 3 aromatic heterocycles. The van der Waals surface area contributed by atoms with E-state index < -0.39 is 0 Å². The first-order valence-electron chi connectivity index (χ1n) is 9.41. The molecule has 1 amide bonds. The summed E-state index contributed by atoms with van der Waals surface area (Å²) in [7, 11) is 1.75. The van der Waals surface area contributed by atoms with Crippen LogP contribution in [-0.4, -0.2) is 36.5 Å². The number of aromatic nitrogens is 5. The standard InChI is InChI=1S/C20H22N6O2/c1-25-18(10-13-22-25)20(28)23-15-2-4-16(5-3-15)26-19(27)7-6-17(24-26)14-8-11-21-12-9-14/h6-13,15-16H,2-5H2,1H3,(H,23,28). The molecule has 8 heteroatoms. The van der Waals surface area contributed by atoms with Gasteiger partial charge in [-0.1, -0.05) is 0 Å². The highest BCUT2D eigenvalue weighted by molar-refractivity contribution is 5.92. The first-order valence-corrected chi connectivity index (χ1v) is 9.41. The van der Waals surface area contributed by atoms with Crippen molar-refractivity contribution in [3.8, 4) is 11.3 Å². The van der Waals surface area contributed by atoms with Crippen LogP contribution in [0, 0.1) is 0 Å². The van der Waals surface area contributed by atoms with Crippen molar-refractivity contribution in [2.24, 2.45) is 7.05 Å². The van der Waals surface area contributed by atoms with E-state index in [1.165, 1.54) is 0 Å². The summed E-state index contributed by atoms with van der Waals surface area (Å²) in [5, 5.41) is 11.7. The molecule has 0 aromatic carbocycles. The summed E-state index contributed by atoms with van der Waals surface area (Å²) in [5.74, 6) is -0.113. The van der Waals surface area contributed by atoms with E-state index in [4.69, 9.17) is 0 Å². The van der Waals surface area contributed by atoms with Crippen molar-refractivity contribution in [3.63, 3.8) is 0 Å². The fraction of sp³-hybridized carbons (Fsp3) is 0.350. The summed E-state index contributed by atoms with van der Waals surface area (Å²) in [6.45, 7) is 0. The average Bonchev–Trinajstić information content (AvgIpc) is 3.16.